The van der Waals surface area contributed by atoms with Crippen molar-refractivity contribution in [2.75, 3.05) is 19.6 Å². The summed E-state index contributed by atoms with van der Waals surface area (Å²) in [6.07, 6.45) is 0.324. The van der Waals surface area contributed by atoms with E-state index in [-0.39, 0.29) is 17.6 Å². The molecule has 2 amide bonds. The van der Waals surface area contributed by atoms with Crippen molar-refractivity contribution in [1.82, 2.24) is 10.2 Å². The van der Waals surface area contributed by atoms with Crippen LogP contribution in [-0.2, 0) is 4.79 Å². The van der Waals surface area contributed by atoms with Gasteiger partial charge in [0.1, 0.15) is 0 Å². The molecule has 0 atom stereocenters. The molecule has 0 spiro atoms. The summed E-state index contributed by atoms with van der Waals surface area (Å²) in [6, 6.07) is 9.21. The van der Waals surface area contributed by atoms with E-state index in [9.17, 15) is 14.4 Å². The van der Waals surface area contributed by atoms with Crippen LogP contribution >= 0.6 is 11.3 Å². The van der Waals surface area contributed by atoms with E-state index in [4.69, 9.17) is 0 Å². The van der Waals surface area contributed by atoms with Crippen LogP contribution in [0.25, 0.3) is 11.1 Å². The maximum atomic E-state index is 12.7. The summed E-state index contributed by atoms with van der Waals surface area (Å²) in [6.45, 7) is 2.95. The molecule has 24 heavy (non-hydrogen) atoms. The van der Waals surface area contributed by atoms with Crippen LogP contribution in [0.15, 0.2) is 35.7 Å². The highest BCUT2D eigenvalue weighted by atomic mass is 32.1. The molecule has 0 radical (unpaired) electrons. The number of amides is 2. The number of carbonyl (C=O) groups is 3. The highest BCUT2D eigenvalue weighted by molar-refractivity contribution is 7.12. The Morgan fingerprint density at radius 3 is 2.83 bits per heavy atom. The van der Waals surface area contributed by atoms with Gasteiger partial charge in [0.15, 0.2) is 5.78 Å². The molecule has 6 heteroatoms. The second kappa shape index (κ2) is 6.97. The van der Waals surface area contributed by atoms with Crippen molar-refractivity contribution in [1.29, 1.82) is 0 Å². The molecule has 1 aromatic carbocycles. The predicted octanol–water partition coefficient (Wildman–Crippen LogP) is 2.58. The lowest BCUT2D eigenvalue weighted by atomic mass is 10.0. The van der Waals surface area contributed by atoms with Crippen LogP contribution in [0.1, 0.15) is 33.4 Å². The quantitative estimate of drug-likeness (QED) is 0.872. The second-order valence-electron chi connectivity index (χ2n) is 5.69. The molecule has 3 rings (SSSR count). The first-order valence-electron chi connectivity index (χ1n) is 7.81. The van der Waals surface area contributed by atoms with Crippen LogP contribution in [0.2, 0.25) is 0 Å². The molecule has 0 aliphatic carbocycles. The van der Waals surface area contributed by atoms with Gasteiger partial charge in [-0.25, -0.2) is 0 Å². The smallest absolute Gasteiger partial charge is 0.253 e. The molecule has 0 unspecified atom stereocenters. The molecule has 1 aliphatic rings. The fraction of sp³-hybridized carbons (Fsp3) is 0.278. The van der Waals surface area contributed by atoms with Crippen molar-refractivity contribution in [2.45, 2.75) is 13.3 Å². The van der Waals surface area contributed by atoms with E-state index >= 15 is 0 Å². The van der Waals surface area contributed by atoms with Crippen molar-refractivity contribution < 1.29 is 14.4 Å². The Morgan fingerprint density at radius 2 is 2.04 bits per heavy atom. The number of rotatable bonds is 3. The summed E-state index contributed by atoms with van der Waals surface area (Å²) in [4.78, 5) is 38.3. The van der Waals surface area contributed by atoms with Gasteiger partial charge in [-0.05, 0) is 36.1 Å². The van der Waals surface area contributed by atoms with Crippen molar-refractivity contribution in [2.24, 2.45) is 0 Å². The van der Waals surface area contributed by atoms with E-state index in [1.807, 2.05) is 29.6 Å². The van der Waals surface area contributed by atoms with Gasteiger partial charge in [0.2, 0.25) is 5.91 Å². The van der Waals surface area contributed by atoms with E-state index in [0.29, 0.717) is 36.5 Å². The van der Waals surface area contributed by atoms with E-state index < -0.39 is 0 Å². The molecule has 0 saturated carbocycles. The minimum absolute atomic E-state index is 0.0221. The average Bonchev–Trinajstić information content (AvgIpc) is 2.98. The molecule has 5 nitrogen and oxygen atoms in total. The number of thiophene rings is 1. The van der Waals surface area contributed by atoms with Gasteiger partial charge >= 0.3 is 0 Å². The van der Waals surface area contributed by atoms with Crippen LogP contribution in [0.5, 0.6) is 0 Å². The minimum atomic E-state index is -0.0899. The van der Waals surface area contributed by atoms with Crippen LogP contribution < -0.4 is 5.32 Å². The molecule has 1 fully saturated rings. The number of benzene rings is 1. The first-order chi connectivity index (χ1) is 11.6. The molecule has 2 aromatic rings. The maximum absolute atomic E-state index is 12.7. The van der Waals surface area contributed by atoms with Crippen LogP contribution in [0, 0.1) is 0 Å². The van der Waals surface area contributed by atoms with Gasteiger partial charge in [0, 0.05) is 37.2 Å². The Balaban J connectivity index is 1.87. The third-order valence-electron chi connectivity index (χ3n) is 4.01. The summed E-state index contributed by atoms with van der Waals surface area (Å²) >= 11 is 1.41. The number of ketones is 1. The zero-order valence-corrected chi connectivity index (χ0v) is 14.2. The molecule has 1 aromatic heterocycles. The zero-order valence-electron chi connectivity index (χ0n) is 13.4. The predicted molar refractivity (Wildman–Crippen MR) is 93.3 cm³/mol. The molecule has 124 valence electrons. The van der Waals surface area contributed by atoms with E-state index in [1.165, 1.54) is 11.3 Å². The van der Waals surface area contributed by atoms with Crippen LogP contribution in [0.4, 0.5) is 0 Å². The first-order valence-corrected chi connectivity index (χ1v) is 8.69. The number of hydrogen-bond donors (Lipinski definition) is 1. The molecule has 0 bridgehead atoms. The fourth-order valence-corrected chi connectivity index (χ4v) is 3.60. The normalized spacial score (nSPS) is 14.9. The largest absolute Gasteiger partial charge is 0.354 e. The van der Waals surface area contributed by atoms with Gasteiger partial charge in [-0.2, -0.15) is 0 Å². The molecule has 1 N–H and O–H groups in total. The Kier molecular flexibility index (Phi) is 4.76. The Hall–Kier alpha value is -2.47. The number of Topliss-reactive ketones (excluding diaryl/α,β-unsaturated/α-hetero) is 1. The molecule has 1 aliphatic heterocycles. The Labute approximate surface area is 144 Å². The van der Waals surface area contributed by atoms with Crippen LogP contribution in [0.3, 0.4) is 0 Å². The molecule has 2 heterocycles. The lowest BCUT2D eigenvalue weighted by molar-refractivity contribution is -0.120. The topological polar surface area (TPSA) is 66.5 Å². The highest BCUT2D eigenvalue weighted by Crippen LogP contribution is 2.29. The van der Waals surface area contributed by atoms with Gasteiger partial charge in [-0.15, -0.1) is 11.3 Å². The third-order valence-corrected chi connectivity index (χ3v) is 5.02. The number of nitrogens with zero attached hydrogens (tertiary/aromatic N) is 1. The van der Waals surface area contributed by atoms with Crippen molar-refractivity contribution >= 4 is 28.9 Å². The van der Waals surface area contributed by atoms with Crippen molar-refractivity contribution in [3.05, 3.63) is 46.2 Å². The van der Waals surface area contributed by atoms with Gasteiger partial charge in [0.25, 0.3) is 5.91 Å². The van der Waals surface area contributed by atoms with Gasteiger partial charge in [-0.3, -0.25) is 14.4 Å². The number of nitrogens with one attached hydrogen (secondary N) is 1. The molecule has 1 saturated heterocycles. The molecular weight excluding hydrogens is 324 g/mol. The fourth-order valence-electron chi connectivity index (χ4n) is 2.78. The van der Waals surface area contributed by atoms with Crippen molar-refractivity contribution in [3.63, 3.8) is 0 Å². The summed E-state index contributed by atoms with van der Waals surface area (Å²) < 4.78 is 0. The third kappa shape index (κ3) is 3.38. The summed E-state index contributed by atoms with van der Waals surface area (Å²) in [7, 11) is 0. The summed E-state index contributed by atoms with van der Waals surface area (Å²) in [5, 5.41) is 4.65. The average molecular weight is 342 g/mol. The second-order valence-corrected chi connectivity index (χ2v) is 6.61. The zero-order chi connectivity index (χ0) is 17.1. The Morgan fingerprint density at radius 1 is 1.21 bits per heavy atom. The molecular formula is C18H18N2O3S. The highest BCUT2D eigenvalue weighted by Gasteiger charge is 2.20. The van der Waals surface area contributed by atoms with Gasteiger partial charge < -0.3 is 10.2 Å². The van der Waals surface area contributed by atoms with Gasteiger partial charge in [-0.1, -0.05) is 12.1 Å². The monoisotopic (exact) mass is 342 g/mol. The standard InChI is InChI=1S/C18H18N2O3S/c1-12(21)17-15(6-10-24-17)13-3-2-4-14(11-13)18(23)20-8-5-16(22)19-7-9-20/h2-4,6,10-11H,5,7-9H2,1H3,(H,19,22). The van der Waals surface area contributed by atoms with E-state index in [0.717, 1.165) is 11.1 Å². The lowest BCUT2D eigenvalue weighted by Gasteiger charge is -2.19. The lowest BCUT2D eigenvalue weighted by Crippen LogP contribution is -2.34. The minimum Gasteiger partial charge on any atom is -0.354 e. The van der Waals surface area contributed by atoms with E-state index in [2.05, 4.69) is 5.32 Å². The van der Waals surface area contributed by atoms with E-state index in [1.54, 1.807) is 17.9 Å². The van der Waals surface area contributed by atoms with Gasteiger partial charge in [0.05, 0.1) is 4.88 Å². The first kappa shape index (κ1) is 16.4. The summed E-state index contributed by atoms with van der Waals surface area (Å²) in [5.74, 6) is -0.0924. The Bertz CT molecular complexity index is 797. The maximum Gasteiger partial charge on any atom is 0.253 e. The summed E-state index contributed by atoms with van der Waals surface area (Å²) in [5.41, 5.74) is 2.29. The SMILES string of the molecule is CC(=O)c1sccc1-c1cccc(C(=O)N2CCNC(=O)CC2)c1. The van der Waals surface area contributed by atoms with Crippen LogP contribution in [-0.4, -0.2) is 42.1 Å². The number of carbonyl (C=O) groups excluding carboxylic acids is 3. The number of hydrogen-bond acceptors (Lipinski definition) is 4. The van der Waals surface area contributed by atoms with Crippen molar-refractivity contribution in [3.8, 4) is 11.1 Å².